The fourth-order valence-corrected chi connectivity index (χ4v) is 3.52. The minimum Gasteiger partial charge on any atom is -0.337 e. The van der Waals surface area contributed by atoms with Gasteiger partial charge in [-0.25, -0.2) is 4.39 Å². The third kappa shape index (κ3) is 3.45. The van der Waals surface area contributed by atoms with E-state index in [0.29, 0.717) is 18.3 Å². The third-order valence-corrected chi connectivity index (χ3v) is 5.02. The number of aryl methyl sites for hydroxylation is 1. The molecule has 0 N–H and O–H groups in total. The van der Waals surface area contributed by atoms with Gasteiger partial charge in [0.1, 0.15) is 11.9 Å². The number of halogens is 2. The first kappa shape index (κ1) is 17.7. The van der Waals surface area contributed by atoms with Crippen LogP contribution >= 0.6 is 11.6 Å². The SMILES string of the molecule is Cc1ccc(-c2noc([C@H]3CCCN3C(=O)c3ccc(F)cc3Cl)n2)cc1. The van der Waals surface area contributed by atoms with Gasteiger partial charge in [0.2, 0.25) is 11.7 Å². The number of likely N-dealkylation sites (tertiary alicyclic amines) is 1. The summed E-state index contributed by atoms with van der Waals surface area (Å²) in [5.41, 5.74) is 2.27. The Kier molecular flexibility index (Phi) is 4.66. The number of rotatable bonds is 3. The van der Waals surface area contributed by atoms with Crippen LogP contribution in [0.4, 0.5) is 4.39 Å². The van der Waals surface area contributed by atoms with Crippen molar-refractivity contribution in [3.05, 3.63) is 70.3 Å². The van der Waals surface area contributed by atoms with E-state index < -0.39 is 5.82 Å². The minimum absolute atomic E-state index is 0.0940. The van der Waals surface area contributed by atoms with Gasteiger partial charge in [0.05, 0.1) is 10.6 Å². The van der Waals surface area contributed by atoms with Crippen LogP contribution in [0, 0.1) is 12.7 Å². The number of carbonyl (C=O) groups is 1. The molecule has 0 radical (unpaired) electrons. The minimum atomic E-state index is -0.478. The standard InChI is InChI=1S/C20H17ClFN3O2/c1-12-4-6-13(7-5-12)18-23-19(27-24-18)17-3-2-10-25(17)20(26)15-9-8-14(22)11-16(15)21/h4-9,11,17H,2-3,10H2,1H3/t17-/m1/s1. The lowest BCUT2D eigenvalue weighted by Gasteiger charge is -2.22. The van der Waals surface area contributed by atoms with Crippen LogP contribution in [0.5, 0.6) is 0 Å². The van der Waals surface area contributed by atoms with E-state index >= 15 is 0 Å². The number of benzene rings is 2. The Morgan fingerprint density at radius 1 is 1.26 bits per heavy atom. The van der Waals surface area contributed by atoms with Gasteiger partial charge in [-0.2, -0.15) is 4.98 Å². The topological polar surface area (TPSA) is 59.2 Å². The molecule has 1 atom stereocenters. The quantitative estimate of drug-likeness (QED) is 0.648. The number of amides is 1. The summed E-state index contributed by atoms with van der Waals surface area (Å²) in [7, 11) is 0. The Balaban J connectivity index is 1.60. The van der Waals surface area contributed by atoms with Crippen LogP contribution in [0.25, 0.3) is 11.4 Å². The molecule has 2 heterocycles. The van der Waals surface area contributed by atoms with E-state index in [9.17, 15) is 9.18 Å². The molecule has 1 saturated heterocycles. The maximum atomic E-state index is 13.3. The molecule has 0 aliphatic carbocycles. The highest BCUT2D eigenvalue weighted by atomic mass is 35.5. The summed E-state index contributed by atoms with van der Waals surface area (Å²) in [6.45, 7) is 2.56. The second-order valence-corrected chi connectivity index (χ2v) is 7.01. The number of hydrogen-bond donors (Lipinski definition) is 0. The molecule has 1 aliphatic heterocycles. The van der Waals surface area contributed by atoms with Gasteiger partial charge in [-0.3, -0.25) is 4.79 Å². The van der Waals surface area contributed by atoms with Crippen molar-refractivity contribution in [1.82, 2.24) is 15.0 Å². The highest BCUT2D eigenvalue weighted by Crippen LogP contribution is 2.34. The largest absolute Gasteiger partial charge is 0.337 e. The molecular weight excluding hydrogens is 369 g/mol. The van der Waals surface area contributed by atoms with E-state index in [-0.39, 0.29) is 22.5 Å². The molecule has 1 fully saturated rings. The number of carbonyl (C=O) groups excluding carboxylic acids is 1. The van der Waals surface area contributed by atoms with Crippen molar-refractivity contribution in [3.8, 4) is 11.4 Å². The van der Waals surface area contributed by atoms with Gasteiger partial charge in [-0.1, -0.05) is 46.6 Å². The highest BCUT2D eigenvalue weighted by Gasteiger charge is 2.35. The maximum absolute atomic E-state index is 13.3. The van der Waals surface area contributed by atoms with Crippen molar-refractivity contribution in [2.75, 3.05) is 6.54 Å². The van der Waals surface area contributed by atoms with Crippen LogP contribution in [0.1, 0.15) is 40.7 Å². The molecular formula is C20H17ClFN3O2. The number of hydrogen-bond acceptors (Lipinski definition) is 4. The molecule has 138 valence electrons. The maximum Gasteiger partial charge on any atom is 0.256 e. The van der Waals surface area contributed by atoms with Gasteiger partial charge in [-0.15, -0.1) is 0 Å². The van der Waals surface area contributed by atoms with Crippen LogP contribution in [0.2, 0.25) is 5.02 Å². The van der Waals surface area contributed by atoms with Gasteiger partial charge in [0.25, 0.3) is 5.91 Å². The Bertz CT molecular complexity index is 987. The predicted octanol–water partition coefficient (Wildman–Crippen LogP) is 4.81. The molecule has 0 unspecified atom stereocenters. The fraction of sp³-hybridized carbons (Fsp3) is 0.250. The molecule has 5 nitrogen and oxygen atoms in total. The van der Waals surface area contributed by atoms with Crippen molar-refractivity contribution in [2.45, 2.75) is 25.8 Å². The molecule has 1 aliphatic rings. The van der Waals surface area contributed by atoms with E-state index in [1.165, 1.54) is 12.1 Å². The normalized spacial score (nSPS) is 16.7. The van der Waals surface area contributed by atoms with Crippen molar-refractivity contribution in [1.29, 1.82) is 0 Å². The summed E-state index contributed by atoms with van der Waals surface area (Å²) >= 11 is 6.05. The average Bonchev–Trinajstić information content (AvgIpc) is 3.31. The lowest BCUT2D eigenvalue weighted by molar-refractivity contribution is 0.0710. The van der Waals surface area contributed by atoms with E-state index in [2.05, 4.69) is 10.1 Å². The van der Waals surface area contributed by atoms with Gasteiger partial charge < -0.3 is 9.42 Å². The molecule has 27 heavy (non-hydrogen) atoms. The van der Waals surface area contributed by atoms with Crippen molar-refractivity contribution < 1.29 is 13.7 Å². The smallest absolute Gasteiger partial charge is 0.256 e. The predicted molar refractivity (Wildman–Crippen MR) is 98.9 cm³/mol. The molecule has 4 rings (SSSR count). The van der Waals surface area contributed by atoms with Crippen LogP contribution in [0.15, 0.2) is 47.0 Å². The van der Waals surface area contributed by atoms with E-state index in [1.54, 1.807) is 4.90 Å². The van der Waals surface area contributed by atoms with Gasteiger partial charge >= 0.3 is 0 Å². The van der Waals surface area contributed by atoms with Crippen molar-refractivity contribution in [2.24, 2.45) is 0 Å². The zero-order valence-corrected chi connectivity index (χ0v) is 15.4. The van der Waals surface area contributed by atoms with Crippen LogP contribution in [-0.4, -0.2) is 27.5 Å². The lowest BCUT2D eigenvalue weighted by atomic mass is 10.1. The lowest BCUT2D eigenvalue weighted by Crippen LogP contribution is -2.31. The Labute approximate surface area is 160 Å². The first-order valence-electron chi connectivity index (χ1n) is 8.69. The van der Waals surface area contributed by atoms with Crippen LogP contribution < -0.4 is 0 Å². The average molecular weight is 386 g/mol. The second-order valence-electron chi connectivity index (χ2n) is 6.60. The third-order valence-electron chi connectivity index (χ3n) is 4.71. The van der Waals surface area contributed by atoms with E-state index in [4.69, 9.17) is 16.1 Å². The van der Waals surface area contributed by atoms with Gasteiger partial charge in [-0.05, 0) is 38.0 Å². The van der Waals surface area contributed by atoms with Crippen molar-refractivity contribution in [3.63, 3.8) is 0 Å². The summed E-state index contributed by atoms with van der Waals surface area (Å²) < 4.78 is 18.7. The molecule has 0 bridgehead atoms. The second kappa shape index (κ2) is 7.12. The molecule has 1 aromatic heterocycles. The summed E-state index contributed by atoms with van der Waals surface area (Å²) in [6, 6.07) is 11.3. The van der Waals surface area contributed by atoms with Crippen LogP contribution in [-0.2, 0) is 0 Å². The molecule has 2 aromatic carbocycles. The highest BCUT2D eigenvalue weighted by molar-refractivity contribution is 6.33. The Morgan fingerprint density at radius 2 is 2.04 bits per heavy atom. The first-order chi connectivity index (χ1) is 13.0. The fourth-order valence-electron chi connectivity index (χ4n) is 3.27. The Morgan fingerprint density at radius 3 is 2.78 bits per heavy atom. The molecule has 0 spiro atoms. The van der Waals surface area contributed by atoms with E-state index in [0.717, 1.165) is 30.0 Å². The summed E-state index contributed by atoms with van der Waals surface area (Å²) in [5, 5.41) is 4.15. The number of nitrogens with zero attached hydrogens (tertiary/aromatic N) is 3. The first-order valence-corrected chi connectivity index (χ1v) is 9.07. The Hall–Kier alpha value is -2.73. The number of aromatic nitrogens is 2. The molecule has 0 saturated carbocycles. The summed E-state index contributed by atoms with van der Waals surface area (Å²) in [6.07, 6.45) is 1.54. The molecule has 3 aromatic rings. The zero-order valence-electron chi connectivity index (χ0n) is 14.7. The van der Waals surface area contributed by atoms with Gasteiger partial charge in [0, 0.05) is 12.1 Å². The van der Waals surface area contributed by atoms with Crippen molar-refractivity contribution >= 4 is 17.5 Å². The van der Waals surface area contributed by atoms with Gasteiger partial charge in [0.15, 0.2) is 0 Å². The van der Waals surface area contributed by atoms with Crippen LogP contribution in [0.3, 0.4) is 0 Å². The zero-order chi connectivity index (χ0) is 19.0. The summed E-state index contributed by atoms with van der Waals surface area (Å²) in [5.74, 6) is 0.144. The molecule has 7 heteroatoms. The molecule has 1 amide bonds. The monoisotopic (exact) mass is 385 g/mol. The summed E-state index contributed by atoms with van der Waals surface area (Å²) in [4.78, 5) is 19.1. The van der Waals surface area contributed by atoms with E-state index in [1.807, 2.05) is 31.2 Å².